The van der Waals surface area contributed by atoms with Gasteiger partial charge in [0.15, 0.2) is 5.11 Å². The van der Waals surface area contributed by atoms with Crippen molar-refractivity contribution in [3.8, 4) is 5.75 Å². The molecule has 1 aromatic carbocycles. The van der Waals surface area contributed by atoms with Crippen molar-refractivity contribution in [3.05, 3.63) is 29.8 Å². The fraction of sp³-hybridized carbons (Fsp3) is 0.200. The average molecular weight is 223 g/mol. The molecule has 0 saturated heterocycles. The zero-order valence-corrected chi connectivity index (χ0v) is 9.21. The van der Waals surface area contributed by atoms with Gasteiger partial charge in [-0.15, -0.1) is 0 Å². The Hall–Kier alpha value is -1.62. The van der Waals surface area contributed by atoms with Crippen molar-refractivity contribution >= 4 is 23.0 Å². The third kappa shape index (κ3) is 3.55. The molecule has 0 heterocycles. The van der Waals surface area contributed by atoms with Crippen LogP contribution in [0.2, 0.25) is 0 Å². The van der Waals surface area contributed by atoms with E-state index in [-0.39, 0.29) is 10.9 Å². The number of benzene rings is 1. The van der Waals surface area contributed by atoms with Gasteiger partial charge < -0.3 is 10.8 Å². The van der Waals surface area contributed by atoms with E-state index >= 15 is 0 Å². The van der Waals surface area contributed by atoms with E-state index in [0.717, 1.165) is 17.7 Å². The van der Waals surface area contributed by atoms with E-state index in [4.69, 9.17) is 10.8 Å². The SMILES string of the molecule is CCC(=NNC(N)=S)c1ccc(O)cc1. The predicted molar refractivity (Wildman–Crippen MR) is 64.9 cm³/mol. The number of hydrazone groups is 1. The van der Waals surface area contributed by atoms with Gasteiger partial charge in [0.1, 0.15) is 5.75 Å². The smallest absolute Gasteiger partial charge is 0.184 e. The van der Waals surface area contributed by atoms with Crippen LogP contribution in [0, 0.1) is 0 Å². The lowest BCUT2D eigenvalue weighted by atomic mass is 10.1. The average Bonchev–Trinajstić information content (AvgIpc) is 2.21. The Bertz CT molecular complexity index is 373. The molecule has 0 amide bonds. The largest absolute Gasteiger partial charge is 0.508 e. The molecule has 0 spiro atoms. The molecule has 0 unspecified atom stereocenters. The van der Waals surface area contributed by atoms with Crippen LogP contribution >= 0.6 is 12.2 Å². The van der Waals surface area contributed by atoms with Crippen LogP contribution in [0.3, 0.4) is 0 Å². The molecule has 0 fully saturated rings. The molecule has 1 rings (SSSR count). The number of nitrogens with zero attached hydrogens (tertiary/aromatic N) is 1. The second-order valence-corrected chi connectivity index (χ2v) is 3.37. The third-order valence-electron chi connectivity index (χ3n) is 1.84. The first-order valence-corrected chi connectivity index (χ1v) is 4.95. The second kappa shape index (κ2) is 5.31. The van der Waals surface area contributed by atoms with Gasteiger partial charge in [-0.25, -0.2) is 0 Å². The maximum atomic E-state index is 9.13. The van der Waals surface area contributed by atoms with Gasteiger partial charge in [0, 0.05) is 0 Å². The van der Waals surface area contributed by atoms with Crippen molar-refractivity contribution in [2.75, 3.05) is 0 Å². The zero-order chi connectivity index (χ0) is 11.3. The van der Waals surface area contributed by atoms with Gasteiger partial charge in [-0.2, -0.15) is 5.10 Å². The second-order valence-electron chi connectivity index (χ2n) is 2.93. The molecule has 1 aromatic rings. The van der Waals surface area contributed by atoms with Crippen molar-refractivity contribution in [1.29, 1.82) is 0 Å². The Balaban J connectivity index is 2.87. The molecule has 5 heteroatoms. The topological polar surface area (TPSA) is 70.6 Å². The number of phenols is 1. The van der Waals surface area contributed by atoms with Gasteiger partial charge in [0.25, 0.3) is 0 Å². The van der Waals surface area contributed by atoms with Crippen molar-refractivity contribution in [1.82, 2.24) is 5.43 Å². The van der Waals surface area contributed by atoms with E-state index in [1.807, 2.05) is 6.92 Å². The number of nitrogens with two attached hydrogens (primary N) is 1. The summed E-state index contributed by atoms with van der Waals surface area (Å²) < 4.78 is 0. The maximum Gasteiger partial charge on any atom is 0.184 e. The highest BCUT2D eigenvalue weighted by molar-refractivity contribution is 7.80. The van der Waals surface area contributed by atoms with Gasteiger partial charge in [-0.05, 0) is 48.5 Å². The summed E-state index contributed by atoms with van der Waals surface area (Å²) in [7, 11) is 0. The standard InChI is InChI=1S/C10H13N3OS/c1-2-9(12-13-10(11)15)7-3-5-8(14)6-4-7/h3-6,14H,2H2,1H3,(H3,11,13,15). The highest BCUT2D eigenvalue weighted by Crippen LogP contribution is 2.11. The minimum absolute atomic E-state index is 0.139. The van der Waals surface area contributed by atoms with Crippen LogP contribution < -0.4 is 11.2 Å². The number of hydrogen-bond acceptors (Lipinski definition) is 3. The summed E-state index contributed by atoms with van der Waals surface area (Å²) in [5, 5.41) is 13.3. The molecule has 0 radical (unpaired) electrons. The molecular formula is C10H13N3OS. The van der Waals surface area contributed by atoms with Crippen LogP contribution in [0.5, 0.6) is 5.75 Å². The fourth-order valence-corrected chi connectivity index (χ4v) is 1.17. The van der Waals surface area contributed by atoms with E-state index < -0.39 is 0 Å². The zero-order valence-electron chi connectivity index (χ0n) is 8.40. The Morgan fingerprint density at radius 2 is 2.07 bits per heavy atom. The third-order valence-corrected chi connectivity index (χ3v) is 1.93. The normalized spacial score (nSPS) is 11.1. The predicted octanol–water partition coefficient (Wildman–Crippen LogP) is 1.34. The van der Waals surface area contributed by atoms with E-state index in [2.05, 4.69) is 22.7 Å². The van der Waals surface area contributed by atoms with Gasteiger partial charge >= 0.3 is 0 Å². The fourth-order valence-electron chi connectivity index (χ4n) is 1.12. The molecule has 0 atom stereocenters. The van der Waals surface area contributed by atoms with Gasteiger partial charge in [-0.3, -0.25) is 5.43 Å². The summed E-state index contributed by atoms with van der Waals surface area (Å²) >= 11 is 4.65. The van der Waals surface area contributed by atoms with Crippen LogP contribution in [-0.4, -0.2) is 15.9 Å². The molecule has 80 valence electrons. The molecule has 0 aliphatic heterocycles. The monoisotopic (exact) mass is 223 g/mol. The summed E-state index contributed by atoms with van der Waals surface area (Å²) in [5.74, 6) is 0.233. The van der Waals surface area contributed by atoms with E-state index in [9.17, 15) is 0 Å². The molecule has 0 saturated carbocycles. The van der Waals surface area contributed by atoms with Crippen molar-refractivity contribution in [2.45, 2.75) is 13.3 Å². The number of nitrogens with one attached hydrogen (secondary N) is 1. The van der Waals surface area contributed by atoms with Crippen molar-refractivity contribution in [2.24, 2.45) is 10.8 Å². The minimum atomic E-state index is 0.139. The quantitative estimate of drug-likeness (QED) is 0.411. The Kier molecular flexibility index (Phi) is 4.05. The van der Waals surface area contributed by atoms with Crippen LogP contribution in [0.15, 0.2) is 29.4 Å². The molecule has 4 nitrogen and oxygen atoms in total. The lowest BCUT2D eigenvalue weighted by molar-refractivity contribution is 0.475. The van der Waals surface area contributed by atoms with Gasteiger partial charge in [0.2, 0.25) is 0 Å². The minimum Gasteiger partial charge on any atom is -0.508 e. The van der Waals surface area contributed by atoms with Crippen LogP contribution in [0.25, 0.3) is 0 Å². The number of rotatable bonds is 3. The summed E-state index contributed by atoms with van der Waals surface area (Å²) in [6.45, 7) is 1.98. The lowest BCUT2D eigenvalue weighted by Gasteiger charge is -2.04. The maximum absolute atomic E-state index is 9.13. The Labute approximate surface area is 93.8 Å². The van der Waals surface area contributed by atoms with Gasteiger partial charge in [-0.1, -0.05) is 6.92 Å². The van der Waals surface area contributed by atoms with Crippen LogP contribution in [-0.2, 0) is 0 Å². The van der Waals surface area contributed by atoms with E-state index in [0.29, 0.717) is 0 Å². The molecule has 15 heavy (non-hydrogen) atoms. The lowest BCUT2D eigenvalue weighted by Crippen LogP contribution is -2.25. The molecule has 0 aliphatic carbocycles. The van der Waals surface area contributed by atoms with E-state index in [1.54, 1.807) is 24.3 Å². The van der Waals surface area contributed by atoms with Crippen molar-refractivity contribution < 1.29 is 5.11 Å². The first kappa shape index (κ1) is 11.5. The van der Waals surface area contributed by atoms with Gasteiger partial charge in [0.05, 0.1) is 5.71 Å². The summed E-state index contributed by atoms with van der Waals surface area (Å²) in [6, 6.07) is 6.81. The molecular weight excluding hydrogens is 210 g/mol. The molecule has 0 aromatic heterocycles. The summed E-state index contributed by atoms with van der Waals surface area (Å²) in [4.78, 5) is 0. The summed E-state index contributed by atoms with van der Waals surface area (Å²) in [6.07, 6.45) is 0.750. The highest BCUT2D eigenvalue weighted by Gasteiger charge is 2.01. The first-order valence-electron chi connectivity index (χ1n) is 4.55. The number of hydrogen-bond donors (Lipinski definition) is 3. The molecule has 0 aliphatic rings. The first-order chi connectivity index (χ1) is 7.13. The Morgan fingerprint density at radius 3 is 2.53 bits per heavy atom. The molecule has 0 bridgehead atoms. The van der Waals surface area contributed by atoms with Crippen LogP contribution in [0.1, 0.15) is 18.9 Å². The highest BCUT2D eigenvalue weighted by atomic mass is 32.1. The summed E-state index contributed by atoms with van der Waals surface area (Å²) in [5.41, 5.74) is 9.58. The number of thiocarbonyl (C=S) groups is 1. The van der Waals surface area contributed by atoms with Crippen molar-refractivity contribution in [3.63, 3.8) is 0 Å². The van der Waals surface area contributed by atoms with E-state index in [1.165, 1.54) is 0 Å². The number of aromatic hydroxyl groups is 1. The van der Waals surface area contributed by atoms with Crippen LogP contribution in [0.4, 0.5) is 0 Å². The number of phenolic OH excluding ortho intramolecular Hbond substituents is 1. The Morgan fingerprint density at radius 1 is 1.47 bits per heavy atom. The molecule has 4 N–H and O–H groups in total.